The molecule has 0 spiro atoms. The van der Waals surface area contributed by atoms with Crippen molar-refractivity contribution in [3.8, 4) is 11.5 Å². The molecule has 0 bridgehead atoms. The standard InChI is InChI=1S/C9H11NO4/c10-7(9(13)14)4-5-3-6(11)1-2-8(5)12/h1-3,7,11-12H,4,10H2,(H,13,14)/t7-/m0/s1. The molecule has 5 N–H and O–H groups in total. The summed E-state index contributed by atoms with van der Waals surface area (Å²) in [6.07, 6.45) is -0.0183. The van der Waals surface area contributed by atoms with Crippen molar-refractivity contribution in [1.29, 1.82) is 0 Å². The third-order valence-corrected chi connectivity index (χ3v) is 1.82. The summed E-state index contributed by atoms with van der Waals surface area (Å²) in [5, 5.41) is 26.9. The Morgan fingerprint density at radius 3 is 2.64 bits per heavy atom. The predicted octanol–water partition coefficient (Wildman–Crippen LogP) is 0.0522. The van der Waals surface area contributed by atoms with Gasteiger partial charge in [-0.1, -0.05) is 0 Å². The van der Waals surface area contributed by atoms with E-state index in [1.807, 2.05) is 0 Å². The molecule has 0 amide bonds. The monoisotopic (exact) mass is 197 g/mol. The topological polar surface area (TPSA) is 104 Å². The van der Waals surface area contributed by atoms with Gasteiger partial charge in [0, 0.05) is 6.42 Å². The van der Waals surface area contributed by atoms with Crippen molar-refractivity contribution in [2.75, 3.05) is 0 Å². The Morgan fingerprint density at radius 2 is 2.07 bits per heavy atom. The van der Waals surface area contributed by atoms with Crippen LogP contribution in [0, 0.1) is 0 Å². The largest absolute Gasteiger partial charge is 0.508 e. The number of phenols is 2. The van der Waals surface area contributed by atoms with Gasteiger partial charge in [0.05, 0.1) is 0 Å². The molecule has 5 heteroatoms. The average molecular weight is 197 g/mol. The summed E-state index contributed by atoms with van der Waals surface area (Å²) in [7, 11) is 0. The van der Waals surface area contributed by atoms with Crippen LogP contribution in [0.5, 0.6) is 11.5 Å². The van der Waals surface area contributed by atoms with Gasteiger partial charge < -0.3 is 21.1 Å². The van der Waals surface area contributed by atoms with E-state index < -0.39 is 12.0 Å². The van der Waals surface area contributed by atoms with Crippen LogP contribution in [0.4, 0.5) is 0 Å². The second kappa shape index (κ2) is 3.97. The van der Waals surface area contributed by atoms with E-state index in [1.54, 1.807) is 0 Å². The molecule has 76 valence electrons. The quantitative estimate of drug-likeness (QED) is 0.513. The smallest absolute Gasteiger partial charge is 0.320 e. The Bertz CT molecular complexity index is 351. The third kappa shape index (κ3) is 2.37. The molecule has 0 saturated carbocycles. The van der Waals surface area contributed by atoms with Crippen molar-refractivity contribution >= 4 is 5.97 Å². The highest BCUT2D eigenvalue weighted by Gasteiger charge is 2.14. The van der Waals surface area contributed by atoms with E-state index in [0.29, 0.717) is 5.56 Å². The van der Waals surface area contributed by atoms with Crippen LogP contribution < -0.4 is 5.73 Å². The summed E-state index contributed by atoms with van der Waals surface area (Å²) in [4.78, 5) is 10.4. The maximum atomic E-state index is 10.4. The highest BCUT2D eigenvalue weighted by Crippen LogP contribution is 2.22. The third-order valence-electron chi connectivity index (χ3n) is 1.82. The summed E-state index contributed by atoms with van der Waals surface area (Å²) in [6, 6.07) is 2.81. The lowest BCUT2D eigenvalue weighted by molar-refractivity contribution is -0.138. The SMILES string of the molecule is N[C@@H](Cc1cc(O)ccc1O)C(=O)O. The Morgan fingerprint density at radius 1 is 1.43 bits per heavy atom. The first-order valence-corrected chi connectivity index (χ1v) is 4.00. The Labute approximate surface area is 80.4 Å². The van der Waals surface area contributed by atoms with Gasteiger partial charge in [-0.15, -0.1) is 0 Å². The highest BCUT2D eigenvalue weighted by molar-refractivity contribution is 5.73. The minimum atomic E-state index is -1.15. The lowest BCUT2D eigenvalue weighted by atomic mass is 10.1. The van der Waals surface area contributed by atoms with Crippen molar-refractivity contribution in [1.82, 2.24) is 0 Å². The molecule has 14 heavy (non-hydrogen) atoms. The van der Waals surface area contributed by atoms with Crippen LogP contribution in [0.2, 0.25) is 0 Å². The summed E-state index contributed by atoms with van der Waals surface area (Å²) >= 11 is 0. The van der Waals surface area contributed by atoms with Gasteiger partial charge in [0.2, 0.25) is 0 Å². The van der Waals surface area contributed by atoms with E-state index in [1.165, 1.54) is 18.2 Å². The molecule has 0 fully saturated rings. The lowest BCUT2D eigenvalue weighted by Gasteiger charge is -2.08. The molecule has 0 aliphatic rings. The van der Waals surface area contributed by atoms with Crippen LogP contribution in [-0.2, 0) is 11.2 Å². The predicted molar refractivity (Wildman–Crippen MR) is 49.1 cm³/mol. The first kappa shape index (κ1) is 10.3. The van der Waals surface area contributed by atoms with E-state index in [2.05, 4.69) is 0 Å². The Hall–Kier alpha value is -1.75. The molecule has 0 heterocycles. The summed E-state index contributed by atoms with van der Waals surface area (Å²) in [6.45, 7) is 0. The van der Waals surface area contributed by atoms with Crippen molar-refractivity contribution in [2.24, 2.45) is 5.73 Å². The van der Waals surface area contributed by atoms with Crippen LogP contribution in [0.15, 0.2) is 18.2 Å². The molecule has 0 saturated heterocycles. The fourth-order valence-electron chi connectivity index (χ4n) is 1.06. The van der Waals surface area contributed by atoms with E-state index in [-0.39, 0.29) is 17.9 Å². The molecule has 5 nitrogen and oxygen atoms in total. The number of phenolic OH excluding ortho intramolecular Hbond substituents is 2. The van der Waals surface area contributed by atoms with Crippen molar-refractivity contribution in [2.45, 2.75) is 12.5 Å². The number of hydrogen-bond acceptors (Lipinski definition) is 4. The van der Waals surface area contributed by atoms with Crippen LogP contribution in [0.3, 0.4) is 0 Å². The molecular weight excluding hydrogens is 186 g/mol. The fraction of sp³-hybridized carbons (Fsp3) is 0.222. The first-order chi connectivity index (χ1) is 6.50. The zero-order chi connectivity index (χ0) is 10.7. The number of rotatable bonds is 3. The number of carboxylic acids is 1. The zero-order valence-electron chi connectivity index (χ0n) is 7.34. The molecule has 0 radical (unpaired) electrons. The maximum Gasteiger partial charge on any atom is 0.320 e. The van der Waals surface area contributed by atoms with Crippen LogP contribution in [0.1, 0.15) is 5.56 Å². The van der Waals surface area contributed by atoms with Gasteiger partial charge in [-0.25, -0.2) is 0 Å². The first-order valence-electron chi connectivity index (χ1n) is 4.00. The molecule has 1 aromatic rings. The molecule has 0 aromatic heterocycles. The Kier molecular flexibility index (Phi) is 2.93. The summed E-state index contributed by atoms with van der Waals surface area (Å²) in [5.41, 5.74) is 5.59. The van der Waals surface area contributed by atoms with Gasteiger partial charge in [0.25, 0.3) is 0 Å². The number of benzene rings is 1. The van der Waals surface area contributed by atoms with Crippen LogP contribution in [0.25, 0.3) is 0 Å². The van der Waals surface area contributed by atoms with Gasteiger partial charge in [-0.3, -0.25) is 4.79 Å². The van der Waals surface area contributed by atoms with Crippen molar-refractivity contribution in [3.05, 3.63) is 23.8 Å². The molecule has 1 atom stereocenters. The zero-order valence-corrected chi connectivity index (χ0v) is 7.34. The molecule has 1 aromatic carbocycles. The second-order valence-corrected chi connectivity index (χ2v) is 2.96. The number of carboxylic acid groups (broad SMARTS) is 1. The van der Waals surface area contributed by atoms with Crippen LogP contribution >= 0.6 is 0 Å². The van der Waals surface area contributed by atoms with E-state index >= 15 is 0 Å². The van der Waals surface area contributed by atoms with Crippen LogP contribution in [-0.4, -0.2) is 27.3 Å². The maximum absolute atomic E-state index is 10.4. The molecule has 0 aliphatic heterocycles. The van der Waals surface area contributed by atoms with Crippen molar-refractivity contribution < 1.29 is 20.1 Å². The van der Waals surface area contributed by atoms with Gasteiger partial charge >= 0.3 is 5.97 Å². The summed E-state index contributed by atoms with van der Waals surface area (Å²) in [5.74, 6) is -1.25. The number of aliphatic carboxylic acids is 1. The van der Waals surface area contributed by atoms with E-state index in [4.69, 9.17) is 15.9 Å². The van der Waals surface area contributed by atoms with Gasteiger partial charge in [-0.05, 0) is 23.8 Å². The highest BCUT2D eigenvalue weighted by atomic mass is 16.4. The molecule has 0 aliphatic carbocycles. The minimum absolute atomic E-state index is 0.0183. The molecule has 0 unspecified atom stereocenters. The average Bonchev–Trinajstić information content (AvgIpc) is 2.11. The molecule has 1 rings (SSSR count). The fourth-order valence-corrected chi connectivity index (χ4v) is 1.06. The van der Waals surface area contributed by atoms with Gasteiger partial charge in [0.15, 0.2) is 0 Å². The normalized spacial score (nSPS) is 12.4. The van der Waals surface area contributed by atoms with E-state index in [0.717, 1.165) is 0 Å². The number of hydrogen-bond donors (Lipinski definition) is 4. The number of aromatic hydroxyl groups is 2. The number of nitrogens with two attached hydrogens (primary N) is 1. The Balaban J connectivity index is 2.85. The summed E-state index contributed by atoms with van der Waals surface area (Å²) < 4.78 is 0. The van der Waals surface area contributed by atoms with Gasteiger partial charge in [0.1, 0.15) is 17.5 Å². The molecular formula is C9H11NO4. The van der Waals surface area contributed by atoms with E-state index in [9.17, 15) is 9.90 Å². The lowest BCUT2D eigenvalue weighted by Crippen LogP contribution is -2.32. The van der Waals surface area contributed by atoms with Gasteiger partial charge in [-0.2, -0.15) is 0 Å². The number of carbonyl (C=O) groups is 1. The second-order valence-electron chi connectivity index (χ2n) is 2.96. The van der Waals surface area contributed by atoms with Crippen molar-refractivity contribution in [3.63, 3.8) is 0 Å². The minimum Gasteiger partial charge on any atom is -0.508 e.